The first-order valence-electron chi connectivity index (χ1n) is 4.83. The van der Waals surface area contributed by atoms with E-state index in [0.29, 0.717) is 13.1 Å². The zero-order valence-corrected chi connectivity index (χ0v) is 9.38. The van der Waals surface area contributed by atoms with Gasteiger partial charge in [-0.15, -0.1) is 0 Å². The fourth-order valence-corrected chi connectivity index (χ4v) is 1.34. The van der Waals surface area contributed by atoms with Gasteiger partial charge < -0.3 is 15.5 Å². The average Bonchev–Trinajstić information content (AvgIpc) is 2.49. The highest BCUT2D eigenvalue weighted by Crippen LogP contribution is 2.24. The van der Waals surface area contributed by atoms with Gasteiger partial charge in [-0.05, 0) is 13.8 Å². The van der Waals surface area contributed by atoms with E-state index in [4.69, 9.17) is 9.90 Å². The van der Waals surface area contributed by atoms with Crippen molar-refractivity contribution in [2.45, 2.75) is 31.8 Å². The van der Waals surface area contributed by atoms with Gasteiger partial charge in [0, 0.05) is 19.0 Å². The number of hydrogen-bond acceptors (Lipinski definition) is 3. The third-order valence-corrected chi connectivity index (χ3v) is 2.29. The molecule has 0 aromatic carbocycles. The van der Waals surface area contributed by atoms with Crippen LogP contribution >= 0.6 is 0 Å². The number of aliphatic hydroxyl groups is 1. The molecular formula is C9H15F4NO3. The zero-order chi connectivity index (χ0) is 13.9. The van der Waals surface area contributed by atoms with Crippen LogP contribution in [0.4, 0.5) is 17.6 Å². The van der Waals surface area contributed by atoms with Crippen molar-refractivity contribution in [3.05, 3.63) is 0 Å². The molecule has 0 amide bonds. The maximum absolute atomic E-state index is 12.9. The van der Waals surface area contributed by atoms with E-state index in [1.165, 1.54) is 0 Å². The standard InChI is InChI=1S/C7H14FNO.C2HF3O2/c1-7(2,10)5-3-9-4-6(5)8;3-2(4,5)1(6)7/h5-6,9-10H,3-4H2,1-2H3;(H,6,7)/t5-,6+;/m1./s1. The summed E-state index contributed by atoms with van der Waals surface area (Å²) in [5.41, 5.74) is -0.886. The minimum atomic E-state index is -5.08. The number of nitrogens with one attached hydrogen (secondary N) is 1. The van der Waals surface area contributed by atoms with Gasteiger partial charge in [-0.3, -0.25) is 0 Å². The monoisotopic (exact) mass is 261 g/mol. The van der Waals surface area contributed by atoms with Crippen LogP contribution in [0.15, 0.2) is 0 Å². The van der Waals surface area contributed by atoms with Gasteiger partial charge in [-0.1, -0.05) is 0 Å². The van der Waals surface area contributed by atoms with Gasteiger partial charge in [0.25, 0.3) is 0 Å². The van der Waals surface area contributed by atoms with Crippen molar-refractivity contribution in [3.8, 4) is 0 Å². The molecule has 4 nitrogen and oxygen atoms in total. The van der Waals surface area contributed by atoms with E-state index >= 15 is 0 Å². The Kier molecular flexibility index (Phi) is 5.34. The maximum atomic E-state index is 12.9. The lowest BCUT2D eigenvalue weighted by Crippen LogP contribution is -2.36. The molecule has 1 heterocycles. The van der Waals surface area contributed by atoms with Gasteiger partial charge in [0.15, 0.2) is 0 Å². The maximum Gasteiger partial charge on any atom is 0.490 e. The zero-order valence-electron chi connectivity index (χ0n) is 9.38. The highest BCUT2D eigenvalue weighted by molar-refractivity contribution is 5.73. The predicted molar refractivity (Wildman–Crippen MR) is 51.2 cm³/mol. The molecule has 1 aliphatic heterocycles. The Bertz CT molecular complexity index is 262. The smallest absolute Gasteiger partial charge is 0.475 e. The molecule has 0 aromatic rings. The summed E-state index contributed by atoms with van der Waals surface area (Å²) >= 11 is 0. The van der Waals surface area contributed by atoms with E-state index in [2.05, 4.69) is 5.32 Å². The molecule has 3 N–H and O–H groups in total. The largest absolute Gasteiger partial charge is 0.490 e. The third-order valence-electron chi connectivity index (χ3n) is 2.29. The summed E-state index contributed by atoms with van der Waals surface area (Å²) in [6.45, 7) is 4.27. The second kappa shape index (κ2) is 5.63. The Morgan fingerprint density at radius 2 is 1.71 bits per heavy atom. The van der Waals surface area contributed by atoms with Gasteiger partial charge in [0.05, 0.1) is 5.60 Å². The van der Waals surface area contributed by atoms with Crippen molar-refractivity contribution < 1.29 is 32.6 Å². The van der Waals surface area contributed by atoms with E-state index in [9.17, 15) is 22.7 Å². The topological polar surface area (TPSA) is 69.6 Å². The van der Waals surface area contributed by atoms with Crippen LogP contribution in [0.2, 0.25) is 0 Å². The summed E-state index contributed by atoms with van der Waals surface area (Å²) in [7, 11) is 0. The Labute approximate surface area is 95.6 Å². The number of carboxylic acids is 1. The van der Waals surface area contributed by atoms with E-state index in [0.717, 1.165) is 0 Å². The summed E-state index contributed by atoms with van der Waals surface area (Å²) < 4.78 is 44.6. The van der Waals surface area contributed by atoms with Crippen molar-refractivity contribution >= 4 is 5.97 Å². The fourth-order valence-electron chi connectivity index (χ4n) is 1.34. The summed E-state index contributed by atoms with van der Waals surface area (Å²) in [5.74, 6) is -3.00. The minimum Gasteiger partial charge on any atom is -0.475 e. The second-order valence-corrected chi connectivity index (χ2v) is 4.24. The van der Waals surface area contributed by atoms with Crippen LogP contribution in [0, 0.1) is 5.92 Å². The molecule has 1 rings (SSSR count). The third kappa shape index (κ3) is 5.83. The van der Waals surface area contributed by atoms with Gasteiger partial charge >= 0.3 is 12.1 Å². The number of carbonyl (C=O) groups is 1. The number of aliphatic carboxylic acids is 1. The Balaban J connectivity index is 0.000000325. The van der Waals surface area contributed by atoms with E-state index in [1.807, 2.05) is 0 Å². The van der Waals surface area contributed by atoms with Crippen LogP contribution in [-0.4, -0.2) is 47.2 Å². The van der Waals surface area contributed by atoms with Crippen LogP contribution in [0.25, 0.3) is 0 Å². The molecule has 1 saturated heterocycles. The fraction of sp³-hybridized carbons (Fsp3) is 0.889. The van der Waals surface area contributed by atoms with Crippen LogP contribution in [0.5, 0.6) is 0 Å². The highest BCUT2D eigenvalue weighted by Gasteiger charge is 2.38. The van der Waals surface area contributed by atoms with E-state index in [-0.39, 0.29) is 5.92 Å². The molecular weight excluding hydrogens is 246 g/mol. The van der Waals surface area contributed by atoms with E-state index in [1.54, 1.807) is 13.8 Å². The molecule has 102 valence electrons. The number of alkyl halides is 4. The van der Waals surface area contributed by atoms with Crippen molar-refractivity contribution in [1.29, 1.82) is 0 Å². The van der Waals surface area contributed by atoms with Gasteiger partial charge in [-0.2, -0.15) is 13.2 Å². The molecule has 0 radical (unpaired) electrons. The lowest BCUT2D eigenvalue weighted by Gasteiger charge is -2.25. The summed E-state index contributed by atoms with van der Waals surface area (Å²) in [6.07, 6.45) is -5.97. The Morgan fingerprint density at radius 3 is 1.82 bits per heavy atom. The molecule has 2 atom stereocenters. The minimum absolute atomic E-state index is 0.243. The number of rotatable bonds is 1. The molecule has 8 heteroatoms. The average molecular weight is 261 g/mol. The number of hydrogen-bond donors (Lipinski definition) is 3. The molecule has 0 saturated carbocycles. The van der Waals surface area contributed by atoms with Gasteiger partial charge in [0.2, 0.25) is 0 Å². The molecule has 17 heavy (non-hydrogen) atoms. The van der Waals surface area contributed by atoms with Gasteiger partial charge in [-0.25, -0.2) is 9.18 Å². The second-order valence-electron chi connectivity index (χ2n) is 4.24. The molecule has 0 bridgehead atoms. The van der Waals surface area contributed by atoms with Gasteiger partial charge in [0.1, 0.15) is 6.17 Å². The summed E-state index contributed by atoms with van der Waals surface area (Å²) in [4.78, 5) is 8.90. The lowest BCUT2D eigenvalue weighted by atomic mass is 9.89. The first-order valence-corrected chi connectivity index (χ1v) is 4.83. The summed E-state index contributed by atoms with van der Waals surface area (Å²) in [6, 6.07) is 0. The van der Waals surface area contributed by atoms with Crippen LogP contribution in [0.3, 0.4) is 0 Å². The highest BCUT2D eigenvalue weighted by atomic mass is 19.4. The SMILES string of the molecule is CC(C)(O)[C@@H]1CNC[C@@H]1F.O=C(O)C(F)(F)F. The quantitative estimate of drug-likeness (QED) is 0.615. The molecule has 1 aliphatic rings. The molecule has 0 aromatic heterocycles. The van der Waals surface area contributed by atoms with Crippen molar-refractivity contribution in [3.63, 3.8) is 0 Å². The molecule has 0 spiro atoms. The predicted octanol–water partition coefficient (Wildman–Crippen LogP) is 0.948. The van der Waals surface area contributed by atoms with Crippen LogP contribution in [0.1, 0.15) is 13.8 Å². The Morgan fingerprint density at radius 1 is 1.29 bits per heavy atom. The number of carboxylic acid groups (broad SMARTS) is 1. The molecule has 0 aliphatic carbocycles. The lowest BCUT2D eigenvalue weighted by molar-refractivity contribution is -0.192. The first-order chi connectivity index (χ1) is 7.46. The van der Waals surface area contributed by atoms with Crippen molar-refractivity contribution in [2.75, 3.05) is 13.1 Å². The first kappa shape index (κ1) is 16.1. The normalized spacial score (nSPS) is 25.1. The molecule has 0 unspecified atom stereocenters. The van der Waals surface area contributed by atoms with E-state index < -0.39 is 23.9 Å². The van der Waals surface area contributed by atoms with Crippen LogP contribution < -0.4 is 5.32 Å². The van der Waals surface area contributed by atoms with Crippen LogP contribution in [-0.2, 0) is 4.79 Å². The summed E-state index contributed by atoms with van der Waals surface area (Å²) in [5, 5.41) is 19.4. The molecule has 1 fully saturated rings. The van der Waals surface area contributed by atoms with Crippen molar-refractivity contribution in [2.24, 2.45) is 5.92 Å². The Hall–Kier alpha value is -0.890. The van der Waals surface area contributed by atoms with Crippen molar-refractivity contribution in [1.82, 2.24) is 5.32 Å². The number of halogens is 4.